The van der Waals surface area contributed by atoms with E-state index in [4.69, 9.17) is 4.74 Å². The number of hydrogen-bond donors (Lipinski definition) is 0. The van der Waals surface area contributed by atoms with Crippen LogP contribution in [0, 0.1) is 5.92 Å². The minimum atomic E-state index is -0.0139. The number of ketones is 1. The average molecular weight is 350 g/mol. The first-order chi connectivity index (χ1) is 12.6. The Balaban J connectivity index is 1.47. The van der Waals surface area contributed by atoms with Crippen LogP contribution in [0.1, 0.15) is 28.4 Å². The molecule has 5 heteroatoms. The molecule has 1 aromatic heterocycles. The third-order valence-electron chi connectivity index (χ3n) is 5.32. The van der Waals surface area contributed by atoms with E-state index in [0.717, 1.165) is 37.5 Å². The summed E-state index contributed by atoms with van der Waals surface area (Å²) >= 11 is 0. The number of rotatable bonds is 4. The number of carbonyl (C=O) groups excluding carboxylic acids is 1. The van der Waals surface area contributed by atoms with E-state index < -0.39 is 0 Å². The molecule has 2 aliphatic heterocycles. The minimum absolute atomic E-state index is 0.0139. The van der Waals surface area contributed by atoms with Crippen LogP contribution >= 0.6 is 0 Å². The van der Waals surface area contributed by atoms with Gasteiger partial charge in [0.15, 0.2) is 5.78 Å². The number of allylic oxidation sites excluding steroid dienone is 1. The number of hydrogen-bond acceptors (Lipinski definition) is 4. The maximum absolute atomic E-state index is 12.4. The van der Waals surface area contributed by atoms with Crippen molar-refractivity contribution in [3.8, 4) is 5.75 Å². The lowest BCUT2D eigenvalue weighted by molar-refractivity contribution is 0.104. The van der Waals surface area contributed by atoms with Crippen molar-refractivity contribution in [1.82, 2.24) is 9.47 Å². The molecule has 5 nitrogen and oxygen atoms in total. The normalized spacial score (nSPS) is 21.5. The minimum Gasteiger partial charge on any atom is -0.497 e. The van der Waals surface area contributed by atoms with E-state index in [1.54, 1.807) is 43.5 Å². The molecule has 1 aromatic carbocycles. The van der Waals surface area contributed by atoms with Gasteiger partial charge in [0.2, 0.25) is 0 Å². The van der Waals surface area contributed by atoms with Crippen molar-refractivity contribution in [2.75, 3.05) is 20.2 Å². The fourth-order valence-corrected chi connectivity index (χ4v) is 4.08. The van der Waals surface area contributed by atoms with Crippen molar-refractivity contribution in [3.63, 3.8) is 0 Å². The largest absolute Gasteiger partial charge is 0.497 e. The summed E-state index contributed by atoms with van der Waals surface area (Å²) in [6, 6.07) is 12.7. The van der Waals surface area contributed by atoms with Crippen molar-refractivity contribution in [2.24, 2.45) is 5.92 Å². The Morgan fingerprint density at radius 3 is 2.69 bits per heavy atom. The summed E-state index contributed by atoms with van der Waals surface area (Å²) in [6.45, 7) is 2.48. The van der Waals surface area contributed by atoms with Crippen LogP contribution in [0.2, 0.25) is 0 Å². The number of pyridine rings is 1. The maximum Gasteiger partial charge on any atom is 0.250 e. The fourth-order valence-electron chi connectivity index (χ4n) is 4.08. The molecule has 0 N–H and O–H groups in total. The predicted molar refractivity (Wildman–Crippen MR) is 99.6 cm³/mol. The molecule has 2 unspecified atom stereocenters. The SMILES string of the molecule is COc1ccc(C(=O)C=CN2CC3CC(C2)c2cccc(=O)n2C3)cc1. The number of likely N-dealkylation sites (tertiary alicyclic amines) is 1. The molecule has 2 aliphatic rings. The van der Waals surface area contributed by atoms with Gasteiger partial charge in [0, 0.05) is 55.2 Å². The lowest BCUT2D eigenvalue weighted by Crippen LogP contribution is -2.45. The Bertz CT molecular complexity index is 898. The molecule has 2 aromatic rings. The van der Waals surface area contributed by atoms with Gasteiger partial charge in [-0.1, -0.05) is 6.07 Å². The van der Waals surface area contributed by atoms with Crippen LogP contribution in [0.3, 0.4) is 0 Å². The molecule has 0 saturated carbocycles. The van der Waals surface area contributed by atoms with E-state index in [0.29, 0.717) is 17.4 Å². The zero-order valence-electron chi connectivity index (χ0n) is 14.8. The number of ether oxygens (including phenoxy) is 1. The molecule has 4 rings (SSSR count). The second-order valence-corrected chi connectivity index (χ2v) is 7.06. The zero-order chi connectivity index (χ0) is 18.1. The quantitative estimate of drug-likeness (QED) is 0.628. The highest BCUT2D eigenvalue weighted by Crippen LogP contribution is 2.34. The second-order valence-electron chi connectivity index (χ2n) is 7.06. The first-order valence-corrected chi connectivity index (χ1v) is 8.94. The molecule has 1 saturated heterocycles. The van der Waals surface area contributed by atoms with Crippen molar-refractivity contribution in [1.29, 1.82) is 0 Å². The summed E-state index contributed by atoms with van der Waals surface area (Å²) in [4.78, 5) is 26.7. The van der Waals surface area contributed by atoms with Gasteiger partial charge in [-0.15, -0.1) is 0 Å². The molecular weight excluding hydrogens is 328 g/mol. The van der Waals surface area contributed by atoms with Crippen LogP contribution in [-0.4, -0.2) is 35.4 Å². The average Bonchev–Trinajstić information content (AvgIpc) is 2.67. The van der Waals surface area contributed by atoms with Crippen molar-refractivity contribution < 1.29 is 9.53 Å². The number of methoxy groups -OCH3 is 1. The highest BCUT2D eigenvalue weighted by atomic mass is 16.5. The highest BCUT2D eigenvalue weighted by molar-refractivity contribution is 6.04. The van der Waals surface area contributed by atoms with Crippen LogP contribution in [0.15, 0.2) is 59.5 Å². The maximum atomic E-state index is 12.4. The van der Waals surface area contributed by atoms with Gasteiger partial charge in [0.25, 0.3) is 5.56 Å². The van der Waals surface area contributed by atoms with Crippen LogP contribution in [0.25, 0.3) is 0 Å². The van der Waals surface area contributed by atoms with E-state index in [2.05, 4.69) is 11.0 Å². The van der Waals surface area contributed by atoms with E-state index in [9.17, 15) is 9.59 Å². The third-order valence-corrected chi connectivity index (χ3v) is 5.32. The summed E-state index contributed by atoms with van der Waals surface area (Å²) in [6.07, 6.45) is 4.66. The lowest BCUT2D eigenvalue weighted by Gasteiger charge is -2.42. The first-order valence-electron chi connectivity index (χ1n) is 8.94. The van der Waals surface area contributed by atoms with Gasteiger partial charge < -0.3 is 14.2 Å². The standard InChI is InChI=1S/C21H22N2O3/c1-26-18-7-5-16(6-8-18)20(24)9-10-22-12-15-11-17(14-22)19-3-2-4-21(25)23(19)13-15/h2-10,15,17H,11-14H2,1H3. The van der Waals surface area contributed by atoms with Crippen molar-refractivity contribution in [3.05, 3.63) is 76.4 Å². The van der Waals surface area contributed by atoms with Crippen molar-refractivity contribution in [2.45, 2.75) is 18.9 Å². The molecule has 0 amide bonds. The Labute approximate surface area is 152 Å². The van der Waals surface area contributed by atoms with Crippen LogP contribution < -0.4 is 10.3 Å². The molecule has 0 spiro atoms. The molecule has 3 heterocycles. The van der Waals surface area contributed by atoms with Gasteiger partial charge in [0.05, 0.1) is 7.11 Å². The second kappa shape index (κ2) is 6.83. The summed E-state index contributed by atoms with van der Waals surface area (Å²) in [5.41, 5.74) is 1.86. The van der Waals surface area contributed by atoms with E-state index in [1.165, 1.54) is 0 Å². The molecule has 1 fully saturated rings. The summed E-state index contributed by atoms with van der Waals surface area (Å²) in [5, 5.41) is 0. The van der Waals surface area contributed by atoms with E-state index in [-0.39, 0.29) is 11.3 Å². The predicted octanol–water partition coefficient (Wildman–Crippen LogP) is 2.67. The number of carbonyl (C=O) groups is 1. The van der Waals surface area contributed by atoms with Crippen LogP contribution in [-0.2, 0) is 6.54 Å². The number of benzene rings is 1. The fraction of sp³-hybridized carbons (Fsp3) is 0.333. The third kappa shape index (κ3) is 3.17. The van der Waals surface area contributed by atoms with E-state index >= 15 is 0 Å². The first kappa shape index (κ1) is 16.6. The highest BCUT2D eigenvalue weighted by Gasteiger charge is 2.33. The molecular formula is C21H22N2O3. The molecule has 2 atom stereocenters. The van der Waals surface area contributed by atoms with E-state index in [1.807, 2.05) is 16.8 Å². The van der Waals surface area contributed by atoms with Gasteiger partial charge >= 0.3 is 0 Å². The summed E-state index contributed by atoms with van der Waals surface area (Å²) < 4.78 is 7.04. The van der Waals surface area contributed by atoms with Gasteiger partial charge in [-0.3, -0.25) is 9.59 Å². The molecule has 2 bridgehead atoms. The molecule has 0 aliphatic carbocycles. The van der Waals surface area contributed by atoms with Gasteiger partial charge in [-0.05, 0) is 42.7 Å². The number of aromatic nitrogens is 1. The summed E-state index contributed by atoms with van der Waals surface area (Å²) in [7, 11) is 1.61. The molecule has 26 heavy (non-hydrogen) atoms. The Morgan fingerprint density at radius 2 is 1.92 bits per heavy atom. The molecule has 0 radical (unpaired) electrons. The number of fused-ring (bicyclic) bond motifs is 4. The number of piperidine rings is 1. The molecule has 134 valence electrons. The Morgan fingerprint density at radius 1 is 1.12 bits per heavy atom. The van der Waals surface area contributed by atoms with Crippen molar-refractivity contribution >= 4 is 5.78 Å². The van der Waals surface area contributed by atoms with Gasteiger partial charge in [-0.25, -0.2) is 0 Å². The monoisotopic (exact) mass is 350 g/mol. The topological polar surface area (TPSA) is 51.5 Å². The Kier molecular flexibility index (Phi) is 4.37. The van der Waals surface area contributed by atoms with Gasteiger partial charge in [-0.2, -0.15) is 0 Å². The smallest absolute Gasteiger partial charge is 0.250 e. The number of nitrogens with zero attached hydrogens (tertiary/aromatic N) is 2. The van der Waals surface area contributed by atoms with Crippen LogP contribution in [0.4, 0.5) is 0 Å². The van der Waals surface area contributed by atoms with Gasteiger partial charge in [0.1, 0.15) is 5.75 Å². The summed E-state index contributed by atoms with van der Waals surface area (Å²) in [5.74, 6) is 1.52. The lowest BCUT2D eigenvalue weighted by atomic mass is 9.83. The Hall–Kier alpha value is -2.82. The zero-order valence-corrected chi connectivity index (χ0v) is 14.8. The van der Waals surface area contributed by atoms with Crippen LogP contribution in [0.5, 0.6) is 5.75 Å².